The Morgan fingerprint density at radius 2 is 2.11 bits per heavy atom. The van der Waals surface area contributed by atoms with Gasteiger partial charge in [0.15, 0.2) is 0 Å². The quantitative estimate of drug-likeness (QED) is 0.861. The number of carbonyl (C=O) groups is 2. The number of carboxylic acid groups (broad SMARTS) is 1. The van der Waals surface area contributed by atoms with Crippen LogP contribution in [0.1, 0.15) is 22.5 Å². The number of hydrogen-bond donors (Lipinski definition) is 2. The highest BCUT2D eigenvalue weighted by Crippen LogP contribution is 2.21. The minimum Gasteiger partial charge on any atom is -0.475 e. The molecule has 1 aromatic carbocycles. The molecule has 0 unspecified atom stereocenters. The van der Waals surface area contributed by atoms with Crippen molar-refractivity contribution in [2.45, 2.75) is 6.42 Å². The van der Waals surface area contributed by atoms with Gasteiger partial charge in [-0.3, -0.25) is 4.79 Å². The van der Waals surface area contributed by atoms with Gasteiger partial charge in [0.05, 0.1) is 0 Å². The van der Waals surface area contributed by atoms with Crippen molar-refractivity contribution >= 4 is 28.9 Å². The van der Waals surface area contributed by atoms with Crippen LogP contribution in [0.4, 0.5) is 0 Å². The molecule has 0 saturated heterocycles. The Balaban J connectivity index is 2.29. The third-order valence-electron chi connectivity index (χ3n) is 2.38. The van der Waals surface area contributed by atoms with Crippen LogP contribution in [-0.2, 0) is 4.79 Å². The molecule has 18 heavy (non-hydrogen) atoms. The van der Waals surface area contributed by atoms with E-state index in [0.29, 0.717) is 11.0 Å². The Kier molecular flexibility index (Phi) is 3.14. The lowest BCUT2D eigenvalue weighted by molar-refractivity contribution is -0.117. The predicted molar refractivity (Wildman–Crippen MR) is 66.0 cm³/mol. The van der Waals surface area contributed by atoms with E-state index in [1.165, 1.54) is 6.07 Å². The average Bonchev–Trinajstić information content (AvgIpc) is 2.71. The maximum atomic E-state index is 10.7. The standard InChI is InChI=1S/C13H11NO4/c14-12(15)3-1-2-8-4-5-10-9(6-8)7-11(18-10)13(16)17/h1-2,4-7H,3H2,(H2,14,15)(H,16,17). The summed E-state index contributed by atoms with van der Waals surface area (Å²) in [6.07, 6.45) is 3.57. The summed E-state index contributed by atoms with van der Waals surface area (Å²) in [5.41, 5.74) is 6.38. The van der Waals surface area contributed by atoms with Crippen LogP contribution < -0.4 is 5.73 Å². The Bertz CT molecular complexity index is 639. The second kappa shape index (κ2) is 4.75. The smallest absolute Gasteiger partial charge is 0.371 e. The lowest BCUT2D eigenvalue weighted by Gasteiger charge is -1.93. The van der Waals surface area contributed by atoms with Gasteiger partial charge in [-0.1, -0.05) is 18.2 Å². The topological polar surface area (TPSA) is 93.5 Å². The number of primary amides is 1. The summed E-state index contributed by atoms with van der Waals surface area (Å²) in [6, 6.07) is 6.70. The second-order valence-corrected chi connectivity index (χ2v) is 3.79. The molecule has 1 amide bonds. The lowest BCUT2D eigenvalue weighted by atomic mass is 10.1. The molecule has 0 fully saturated rings. The first-order valence-corrected chi connectivity index (χ1v) is 5.28. The molecule has 0 radical (unpaired) electrons. The van der Waals surface area contributed by atoms with Gasteiger partial charge in [0.2, 0.25) is 11.7 Å². The number of aromatic carboxylic acids is 1. The molecule has 0 aliphatic heterocycles. The summed E-state index contributed by atoms with van der Waals surface area (Å²) < 4.78 is 5.13. The van der Waals surface area contributed by atoms with Crippen molar-refractivity contribution in [2.75, 3.05) is 0 Å². The van der Waals surface area contributed by atoms with E-state index < -0.39 is 11.9 Å². The van der Waals surface area contributed by atoms with Gasteiger partial charge < -0.3 is 15.3 Å². The number of furan rings is 1. The maximum absolute atomic E-state index is 10.7. The van der Waals surface area contributed by atoms with Crippen molar-refractivity contribution in [3.63, 3.8) is 0 Å². The van der Waals surface area contributed by atoms with E-state index in [9.17, 15) is 9.59 Å². The molecule has 0 spiro atoms. The highest BCUT2D eigenvalue weighted by molar-refractivity contribution is 5.92. The van der Waals surface area contributed by atoms with Gasteiger partial charge in [-0.05, 0) is 23.8 Å². The molecule has 1 aromatic heterocycles. The molecule has 0 saturated carbocycles. The fourth-order valence-electron chi connectivity index (χ4n) is 1.58. The average molecular weight is 245 g/mol. The first-order valence-electron chi connectivity index (χ1n) is 5.28. The number of nitrogens with two attached hydrogens (primary N) is 1. The van der Waals surface area contributed by atoms with Gasteiger partial charge in [0.1, 0.15) is 5.58 Å². The summed E-state index contributed by atoms with van der Waals surface area (Å²) in [6.45, 7) is 0. The number of benzene rings is 1. The Hall–Kier alpha value is -2.56. The Morgan fingerprint density at radius 3 is 2.78 bits per heavy atom. The summed E-state index contributed by atoms with van der Waals surface area (Å²) in [5.74, 6) is -1.59. The largest absolute Gasteiger partial charge is 0.475 e. The van der Waals surface area contributed by atoms with Crippen molar-refractivity contribution in [3.05, 3.63) is 41.7 Å². The van der Waals surface area contributed by atoms with Crippen molar-refractivity contribution < 1.29 is 19.1 Å². The van der Waals surface area contributed by atoms with Crippen LogP contribution in [0.25, 0.3) is 17.0 Å². The summed E-state index contributed by atoms with van der Waals surface area (Å²) in [4.78, 5) is 21.3. The highest BCUT2D eigenvalue weighted by Gasteiger charge is 2.09. The summed E-state index contributed by atoms with van der Waals surface area (Å²) in [7, 11) is 0. The third-order valence-corrected chi connectivity index (χ3v) is 2.38. The van der Waals surface area contributed by atoms with Crippen LogP contribution in [0.3, 0.4) is 0 Å². The van der Waals surface area contributed by atoms with Crippen LogP contribution in [0.5, 0.6) is 0 Å². The zero-order valence-corrected chi connectivity index (χ0v) is 9.42. The normalized spacial score (nSPS) is 11.1. The molecular weight excluding hydrogens is 234 g/mol. The van der Waals surface area contributed by atoms with Crippen LogP contribution >= 0.6 is 0 Å². The van der Waals surface area contributed by atoms with E-state index in [2.05, 4.69) is 0 Å². The van der Waals surface area contributed by atoms with E-state index in [0.717, 1.165) is 5.56 Å². The van der Waals surface area contributed by atoms with E-state index in [-0.39, 0.29) is 12.2 Å². The van der Waals surface area contributed by atoms with Crippen LogP contribution in [-0.4, -0.2) is 17.0 Å². The number of carbonyl (C=O) groups excluding carboxylic acids is 1. The number of fused-ring (bicyclic) bond motifs is 1. The SMILES string of the molecule is NC(=O)CC=Cc1ccc2oc(C(=O)O)cc2c1. The molecular formula is C13H11NO4. The molecule has 92 valence electrons. The Labute approximate surface area is 102 Å². The lowest BCUT2D eigenvalue weighted by Crippen LogP contribution is -2.07. The van der Waals surface area contributed by atoms with Gasteiger partial charge in [0.25, 0.3) is 0 Å². The maximum Gasteiger partial charge on any atom is 0.371 e. The summed E-state index contributed by atoms with van der Waals surface area (Å²) >= 11 is 0. The van der Waals surface area contributed by atoms with Gasteiger partial charge in [-0.2, -0.15) is 0 Å². The highest BCUT2D eigenvalue weighted by atomic mass is 16.4. The van der Waals surface area contributed by atoms with Crippen molar-refractivity contribution in [3.8, 4) is 0 Å². The molecule has 5 heteroatoms. The van der Waals surface area contributed by atoms with Crippen LogP contribution in [0, 0.1) is 0 Å². The number of rotatable bonds is 4. The van der Waals surface area contributed by atoms with E-state index in [1.807, 2.05) is 0 Å². The fourth-order valence-corrected chi connectivity index (χ4v) is 1.58. The fraction of sp³-hybridized carbons (Fsp3) is 0.0769. The van der Waals surface area contributed by atoms with Crippen molar-refractivity contribution in [1.29, 1.82) is 0 Å². The van der Waals surface area contributed by atoms with Crippen LogP contribution in [0.15, 0.2) is 34.8 Å². The second-order valence-electron chi connectivity index (χ2n) is 3.79. The minimum absolute atomic E-state index is 0.0942. The number of amides is 1. The van der Waals surface area contributed by atoms with E-state index >= 15 is 0 Å². The zero-order chi connectivity index (χ0) is 13.1. The third kappa shape index (κ3) is 2.57. The Morgan fingerprint density at radius 1 is 1.33 bits per heavy atom. The minimum atomic E-state index is -1.10. The van der Waals surface area contributed by atoms with Gasteiger partial charge >= 0.3 is 5.97 Å². The van der Waals surface area contributed by atoms with Gasteiger partial charge in [-0.25, -0.2) is 4.79 Å². The first kappa shape index (κ1) is 11.9. The summed E-state index contributed by atoms with van der Waals surface area (Å²) in [5, 5.41) is 9.50. The molecule has 0 aliphatic carbocycles. The molecule has 2 aromatic rings. The molecule has 5 nitrogen and oxygen atoms in total. The molecule has 2 rings (SSSR count). The molecule has 0 bridgehead atoms. The number of hydrogen-bond acceptors (Lipinski definition) is 3. The molecule has 1 heterocycles. The van der Waals surface area contributed by atoms with Gasteiger partial charge in [0, 0.05) is 11.8 Å². The monoisotopic (exact) mass is 245 g/mol. The first-order chi connectivity index (χ1) is 8.56. The molecule has 3 N–H and O–H groups in total. The van der Waals surface area contributed by atoms with E-state index in [1.54, 1.807) is 30.4 Å². The molecule has 0 atom stereocenters. The van der Waals surface area contributed by atoms with Crippen LogP contribution in [0.2, 0.25) is 0 Å². The predicted octanol–water partition coefficient (Wildman–Crippen LogP) is 2.02. The molecule has 0 aliphatic rings. The zero-order valence-electron chi connectivity index (χ0n) is 9.42. The van der Waals surface area contributed by atoms with E-state index in [4.69, 9.17) is 15.3 Å². The van der Waals surface area contributed by atoms with Crippen molar-refractivity contribution in [1.82, 2.24) is 0 Å². The number of carboxylic acids is 1. The van der Waals surface area contributed by atoms with Crippen molar-refractivity contribution in [2.24, 2.45) is 5.73 Å². The van der Waals surface area contributed by atoms with Gasteiger partial charge in [-0.15, -0.1) is 0 Å².